The van der Waals surface area contributed by atoms with Gasteiger partial charge in [0.05, 0.1) is 23.9 Å². The van der Waals surface area contributed by atoms with Gasteiger partial charge in [-0.15, -0.1) is 0 Å². The lowest BCUT2D eigenvalue weighted by molar-refractivity contribution is 0.287. The average Bonchev–Trinajstić information content (AvgIpc) is 3.33. The molecule has 1 fully saturated rings. The summed E-state index contributed by atoms with van der Waals surface area (Å²) in [5, 5.41) is 8.92. The Kier molecular flexibility index (Phi) is 6.26. The van der Waals surface area contributed by atoms with Crippen LogP contribution in [-0.4, -0.2) is 39.4 Å². The number of aromatic amines is 1. The number of nitrogens with one attached hydrogen (secondary N) is 1. The number of nitrogens with zero attached hydrogens (tertiary/aromatic N) is 4. The topological polar surface area (TPSA) is 66.9 Å². The third kappa shape index (κ3) is 4.54. The largest absolute Gasteiger partial charge is 0.486 e. The molecule has 37 heavy (non-hydrogen) atoms. The summed E-state index contributed by atoms with van der Waals surface area (Å²) in [6, 6.07) is 9.38. The van der Waals surface area contributed by atoms with Crippen LogP contribution in [0, 0.1) is 11.6 Å². The van der Waals surface area contributed by atoms with Gasteiger partial charge in [-0.05, 0) is 56.5 Å². The molecule has 1 saturated carbocycles. The van der Waals surface area contributed by atoms with Crippen LogP contribution in [0.25, 0.3) is 22.2 Å². The number of hydrogen-bond donors (Lipinski definition) is 1. The molecular formula is C29H31F2N5O. The fourth-order valence-corrected chi connectivity index (χ4v) is 5.74. The molecule has 3 heterocycles. The van der Waals surface area contributed by atoms with Gasteiger partial charge in [0.2, 0.25) is 0 Å². The highest BCUT2D eigenvalue weighted by Gasteiger charge is 2.26. The van der Waals surface area contributed by atoms with Gasteiger partial charge in [0, 0.05) is 35.0 Å². The number of hydrogen-bond acceptors (Lipinski definition) is 5. The van der Waals surface area contributed by atoms with Crippen LogP contribution in [0.2, 0.25) is 0 Å². The van der Waals surface area contributed by atoms with Gasteiger partial charge < -0.3 is 9.64 Å². The lowest BCUT2D eigenvalue weighted by Crippen LogP contribution is -2.38. The van der Waals surface area contributed by atoms with Crippen molar-refractivity contribution in [2.45, 2.75) is 64.3 Å². The Balaban J connectivity index is 1.33. The molecule has 0 unspecified atom stereocenters. The van der Waals surface area contributed by atoms with Crippen molar-refractivity contribution in [3.63, 3.8) is 0 Å². The second-order valence-electron chi connectivity index (χ2n) is 10.4. The Bertz CT molecular complexity index is 1440. The Hall–Kier alpha value is -3.55. The first-order valence-electron chi connectivity index (χ1n) is 13.2. The molecular weight excluding hydrogens is 472 g/mol. The third-order valence-electron chi connectivity index (χ3n) is 7.63. The Morgan fingerprint density at radius 1 is 1.08 bits per heavy atom. The minimum atomic E-state index is -0.583. The lowest BCUT2D eigenvalue weighted by Gasteiger charge is -2.34. The number of H-pyrrole nitrogens is 1. The van der Waals surface area contributed by atoms with E-state index in [0.29, 0.717) is 42.6 Å². The second kappa shape index (κ2) is 9.72. The van der Waals surface area contributed by atoms with Gasteiger partial charge in [-0.25, -0.2) is 18.7 Å². The van der Waals surface area contributed by atoms with Crippen molar-refractivity contribution in [3.8, 4) is 17.0 Å². The minimum Gasteiger partial charge on any atom is -0.486 e. The maximum Gasteiger partial charge on any atom is 0.178 e. The second-order valence-corrected chi connectivity index (χ2v) is 10.4. The molecule has 1 aliphatic heterocycles. The molecule has 6 nitrogen and oxygen atoms in total. The zero-order valence-corrected chi connectivity index (χ0v) is 21.2. The molecule has 2 aromatic heterocycles. The summed E-state index contributed by atoms with van der Waals surface area (Å²) in [7, 11) is 0. The predicted octanol–water partition coefficient (Wildman–Crippen LogP) is 6.54. The first kappa shape index (κ1) is 23.8. The number of aromatic nitrogens is 4. The molecule has 0 radical (unpaired) electrons. The van der Waals surface area contributed by atoms with E-state index >= 15 is 4.39 Å². The molecule has 8 heteroatoms. The van der Waals surface area contributed by atoms with Gasteiger partial charge in [-0.3, -0.25) is 5.10 Å². The van der Waals surface area contributed by atoms with Crippen LogP contribution in [-0.2, 0) is 6.42 Å². The first-order valence-corrected chi connectivity index (χ1v) is 13.2. The number of anilines is 1. The molecule has 0 atom stereocenters. The fourth-order valence-electron chi connectivity index (χ4n) is 5.74. The van der Waals surface area contributed by atoms with Crippen LogP contribution >= 0.6 is 0 Å². The monoisotopic (exact) mass is 503 g/mol. The van der Waals surface area contributed by atoms with Crippen molar-refractivity contribution in [1.29, 1.82) is 0 Å². The van der Waals surface area contributed by atoms with Crippen LogP contribution < -0.4 is 9.64 Å². The number of fused-ring (bicyclic) bond motifs is 2. The first-order chi connectivity index (χ1) is 18.0. The van der Waals surface area contributed by atoms with E-state index in [4.69, 9.17) is 4.74 Å². The maximum absolute atomic E-state index is 15.0. The standard InChI is InChI=1S/C29H31F2N5O/c1-17(2)36-10-11-37-29-22(30)14-20(15-25(29)36)28-23(31)16-32-26(33-28)13-18-8-9-24-21(12-18)27(35-34-24)19-6-4-3-5-7-19/h8-9,12,14-17,19H,3-7,10-11,13H2,1-2H3,(H,34,35). The molecule has 1 N–H and O–H groups in total. The van der Waals surface area contributed by atoms with Crippen molar-refractivity contribution in [2.75, 3.05) is 18.1 Å². The Labute approximate surface area is 215 Å². The van der Waals surface area contributed by atoms with Crippen molar-refractivity contribution in [1.82, 2.24) is 20.2 Å². The van der Waals surface area contributed by atoms with Crippen LogP contribution in [0.5, 0.6) is 5.75 Å². The zero-order valence-electron chi connectivity index (χ0n) is 21.2. The molecule has 4 aromatic rings. The normalized spacial score (nSPS) is 16.3. The SMILES string of the molecule is CC(C)N1CCOc2c(F)cc(-c3nc(Cc4ccc5n[nH]c(C6CCCCC6)c5c4)ncc3F)cc21. The van der Waals surface area contributed by atoms with Crippen LogP contribution in [0.1, 0.15) is 69.0 Å². The summed E-state index contributed by atoms with van der Waals surface area (Å²) >= 11 is 0. The molecule has 2 aliphatic rings. The summed E-state index contributed by atoms with van der Waals surface area (Å²) in [5.74, 6) is 0.101. The van der Waals surface area contributed by atoms with E-state index in [2.05, 4.69) is 31.1 Å². The van der Waals surface area contributed by atoms with Crippen LogP contribution in [0.4, 0.5) is 14.5 Å². The van der Waals surface area contributed by atoms with Crippen LogP contribution in [0.3, 0.4) is 0 Å². The summed E-state index contributed by atoms with van der Waals surface area (Å²) in [6.45, 7) is 5.14. The van der Waals surface area contributed by atoms with Gasteiger partial charge in [0.15, 0.2) is 17.4 Å². The van der Waals surface area contributed by atoms with Gasteiger partial charge >= 0.3 is 0 Å². The van der Waals surface area contributed by atoms with Gasteiger partial charge in [0.25, 0.3) is 0 Å². The van der Waals surface area contributed by atoms with E-state index in [1.165, 1.54) is 50.1 Å². The van der Waals surface area contributed by atoms with Gasteiger partial charge in [0.1, 0.15) is 18.1 Å². The van der Waals surface area contributed by atoms with E-state index in [9.17, 15) is 4.39 Å². The summed E-state index contributed by atoms with van der Waals surface area (Å²) in [6.07, 6.45) is 7.78. The van der Waals surface area contributed by atoms with Crippen molar-refractivity contribution < 1.29 is 13.5 Å². The third-order valence-corrected chi connectivity index (χ3v) is 7.63. The molecule has 0 saturated heterocycles. The van der Waals surface area contributed by atoms with E-state index in [-0.39, 0.29) is 17.5 Å². The molecule has 0 amide bonds. The molecule has 1 aliphatic carbocycles. The molecule has 192 valence electrons. The fraction of sp³-hybridized carbons (Fsp3) is 0.414. The molecule has 0 spiro atoms. The molecule has 2 aromatic carbocycles. The van der Waals surface area contributed by atoms with Gasteiger partial charge in [-0.1, -0.05) is 25.3 Å². The summed E-state index contributed by atoms with van der Waals surface area (Å²) in [4.78, 5) is 10.9. The summed E-state index contributed by atoms with van der Waals surface area (Å²) < 4.78 is 35.5. The highest BCUT2D eigenvalue weighted by atomic mass is 19.1. The van der Waals surface area contributed by atoms with E-state index < -0.39 is 11.6 Å². The Morgan fingerprint density at radius 3 is 2.73 bits per heavy atom. The average molecular weight is 504 g/mol. The molecule has 6 rings (SSSR count). The quantitative estimate of drug-likeness (QED) is 0.335. The number of benzene rings is 2. The highest BCUT2D eigenvalue weighted by Crippen LogP contribution is 2.39. The van der Waals surface area contributed by atoms with Crippen molar-refractivity contribution in [3.05, 3.63) is 65.2 Å². The van der Waals surface area contributed by atoms with E-state index in [0.717, 1.165) is 16.5 Å². The molecule has 0 bridgehead atoms. The minimum absolute atomic E-state index is 0.0910. The smallest absolute Gasteiger partial charge is 0.178 e. The predicted molar refractivity (Wildman–Crippen MR) is 140 cm³/mol. The van der Waals surface area contributed by atoms with Crippen molar-refractivity contribution >= 4 is 16.6 Å². The van der Waals surface area contributed by atoms with Gasteiger partial charge in [-0.2, -0.15) is 5.10 Å². The highest BCUT2D eigenvalue weighted by molar-refractivity contribution is 5.82. The van der Waals surface area contributed by atoms with E-state index in [1.54, 1.807) is 6.07 Å². The van der Waals surface area contributed by atoms with Crippen molar-refractivity contribution in [2.24, 2.45) is 0 Å². The van der Waals surface area contributed by atoms with E-state index in [1.807, 2.05) is 26.0 Å². The lowest BCUT2D eigenvalue weighted by atomic mass is 9.85. The zero-order chi connectivity index (χ0) is 25.5. The maximum atomic E-state index is 15.0. The number of halogens is 2. The summed E-state index contributed by atoms with van der Waals surface area (Å²) in [5.41, 5.74) is 4.27. The number of rotatable bonds is 5. The van der Waals surface area contributed by atoms with Crippen LogP contribution in [0.15, 0.2) is 36.5 Å². The Morgan fingerprint density at radius 2 is 1.92 bits per heavy atom. The number of ether oxygens (including phenoxy) is 1.